The fourth-order valence-corrected chi connectivity index (χ4v) is 2.44. The highest BCUT2D eigenvalue weighted by molar-refractivity contribution is 5.69. The minimum Gasteiger partial charge on any atom is -0.508 e. The van der Waals surface area contributed by atoms with E-state index in [2.05, 4.69) is 27.7 Å². The van der Waals surface area contributed by atoms with Crippen molar-refractivity contribution in [2.45, 2.75) is 26.7 Å². The minimum absolute atomic E-state index is 0.132. The van der Waals surface area contributed by atoms with Gasteiger partial charge in [-0.15, -0.1) is 13.2 Å². The van der Waals surface area contributed by atoms with Crippen LogP contribution >= 0.6 is 0 Å². The second-order valence-corrected chi connectivity index (χ2v) is 5.02. The molecule has 0 bridgehead atoms. The Balaban J connectivity index is 0.00000123. The van der Waals surface area contributed by atoms with Gasteiger partial charge in [0.05, 0.1) is 7.11 Å². The van der Waals surface area contributed by atoms with Gasteiger partial charge in [0.25, 0.3) is 0 Å². The van der Waals surface area contributed by atoms with Gasteiger partial charge in [-0.05, 0) is 37.2 Å². The van der Waals surface area contributed by atoms with E-state index in [1.165, 1.54) is 7.11 Å². The van der Waals surface area contributed by atoms with E-state index < -0.39 is 0 Å². The Morgan fingerprint density at radius 2 is 1.67 bits per heavy atom. The van der Waals surface area contributed by atoms with Crippen LogP contribution in [-0.4, -0.2) is 55.8 Å². The number of piperazine rings is 1. The van der Waals surface area contributed by atoms with Crippen LogP contribution in [0.1, 0.15) is 26.7 Å². The Morgan fingerprint density at radius 3 is 2.17 bits per heavy atom. The average Bonchev–Trinajstić information content (AvgIpc) is 2.66. The molecule has 1 aliphatic rings. The van der Waals surface area contributed by atoms with Crippen LogP contribution in [0.4, 0.5) is 5.69 Å². The summed E-state index contributed by atoms with van der Waals surface area (Å²) in [6, 6.07) is 7.33. The first-order valence-electron chi connectivity index (χ1n) is 8.52. The number of rotatable bonds is 5. The van der Waals surface area contributed by atoms with Crippen LogP contribution in [0.2, 0.25) is 0 Å². The van der Waals surface area contributed by atoms with Crippen molar-refractivity contribution in [1.82, 2.24) is 4.90 Å². The van der Waals surface area contributed by atoms with Crippen molar-refractivity contribution < 1.29 is 14.6 Å². The number of benzene rings is 1. The highest BCUT2D eigenvalue weighted by atomic mass is 16.5. The third kappa shape index (κ3) is 8.02. The Kier molecular flexibility index (Phi) is 12.3. The summed E-state index contributed by atoms with van der Waals surface area (Å²) < 4.78 is 4.64. The van der Waals surface area contributed by atoms with Gasteiger partial charge in [0.15, 0.2) is 0 Å². The van der Waals surface area contributed by atoms with Gasteiger partial charge in [0, 0.05) is 38.3 Å². The van der Waals surface area contributed by atoms with E-state index in [-0.39, 0.29) is 5.97 Å². The number of aromatic hydroxyl groups is 1. The van der Waals surface area contributed by atoms with E-state index >= 15 is 0 Å². The maximum atomic E-state index is 11.0. The topological polar surface area (TPSA) is 53.0 Å². The lowest BCUT2D eigenvalue weighted by molar-refractivity contribution is -0.140. The smallest absolute Gasteiger partial charge is 0.305 e. The van der Waals surface area contributed by atoms with Crippen LogP contribution in [-0.2, 0) is 9.53 Å². The molecule has 5 heteroatoms. The van der Waals surface area contributed by atoms with Gasteiger partial charge in [0.1, 0.15) is 5.75 Å². The second-order valence-electron chi connectivity index (χ2n) is 5.02. The largest absolute Gasteiger partial charge is 0.508 e. The Bertz CT molecular complexity index is 440. The molecule has 1 aromatic carbocycles. The maximum Gasteiger partial charge on any atom is 0.305 e. The maximum absolute atomic E-state index is 11.0. The van der Waals surface area contributed by atoms with Crippen molar-refractivity contribution in [3.63, 3.8) is 0 Å². The third-order valence-electron chi connectivity index (χ3n) is 3.67. The molecule has 0 unspecified atom stereocenters. The number of hydrogen-bond acceptors (Lipinski definition) is 5. The summed E-state index contributed by atoms with van der Waals surface area (Å²) >= 11 is 0. The molecule has 2 rings (SSSR count). The number of carbonyl (C=O) groups excluding carboxylic acids is 1. The first-order chi connectivity index (χ1) is 11.7. The van der Waals surface area contributed by atoms with E-state index in [0.29, 0.717) is 12.2 Å². The van der Waals surface area contributed by atoms with Gasteiger partial charge in [-0.25, -0.2) is 0 Å². The normalized spacial score (nSPS) is 13.9. The van der Waals surface area contributed by atoms with E-state index in [9.17, 15) is 9.90 Å². The van der Waals surface area contributed by atoms with Gasteiger partial charge in [0.2, 0.25) is 0 Å². The second kappa shape index (κ2) is 13.4. The highest BCUT2D eigenvalue weighted by Gasteiger charge is 2.17. The molecule has 1 fully saturated rings. The number of phenols is 1. The molecule has 0 saturated carbocycles. The molecule has 0 aromatic heterocycles. The molecular formula is C19H32N2O3. The molecule has 1 N–H and O–H groups in total. The van der Waals surface area contributed by atoms with Crippen LogP contribution in [0.5, 0.6) is 5.75 Å². The monoisotopic (exact) mass is 336 g/mol. The van der Waals surface area contributed by atoms with E-state index in [4.69, 9.17) is 0 Å². The fourth-order valence-electron chi connectivity index (χ4n) is 2.44. The molecule has 0 amide bonds. The molecule has 0 aliphatic carbocycles. The number of esters is 1. The molecule has 5 nitrogen and oxygen atoms in total. The van der Waals surface area contributed by atoms with Crippen molar-refractivity contribution in [3.8, 4) is 5.75 Å². The van der Waals surface area contributed by atoms with Crippen molar-refractivity contribution in [1.29, 1.82) is 0 Å². The predicted molar refractivity (Wildman–Crippen MR) is 101 cm³/mol. The molecule has 0 spiro atoms. The zero-order valence-electron chi connectivity index (χ0n) is 15.3. The number of carbonyl (C=O) groups is 1. The number of hydrogen-bond donors (Lipinski definition) is 1. The zero-order chi connectivity index (χ0) is 18.4. The standard InChI is InChI=1S/C15H22N2O3.C2H6.C2H4/c1-20-15(19)3-2-8-16-9-11-17(12-10-16)13-4-6-14(18)7-5-13;2*1-2/h4-7,18H,2-3,8-12H2,1H3;1-2H3;1-2H2. The van der Waals surface area contributed by atoms with Crippen LogP contribution in [0, 0.1) is 0 Å². The first kappa shape index (κ1) is 22.0. The lowest BCUT2D eigenvalue weighted by Crippen LogP contribution is -2.46. The first-order valence-corrected chi connectivity index (χ1v) is 8.52. The summed E-state index contributed by atoms with van der Waals surface area (Å²) in [4.78, 5) is 15.7. The summed E-state index contributed by atoms with van der Waals surface area (Å²) in [5, 5.41) is 9.29. The van der Waals surface area contributed by atoms with Crippen LogP contribution in [0.15, 0.2) is 37.4 Å². The van der Waals surface area contributed by atoms with E-state index in [0.717, 1.165) is 44.8 Å². The summed E-state index contributed by atoms with van der Waals surface area (Å²) in [5.41, 5.74) is 1.15. The van der Waals surface area contributed by atoms with Gasteiger partial charge in [-0.1, -0.05) is 13.8 Å². The van der Waals surface area contributed by atoms with Gasteiger partial charge < -0.3 is 14.7 Å². The van der Waals surface area contributed by atoms with Gasteiger partial charge in [-0.2, -0.15) is 0 Å². The molecule has 24 heavy (non-hydrogen) atoms. The Morgan fingerprint density at radius 1 is 1.12 bits per heavy atom. The molecule has 0 atom stereocenters. The van der Waals surface area contributed by atoms with Crippen molar-refractivity contribution in [2.75, 3.05) is 44.7 Å². The minimum atomic E-state index is -0.132. The highest BCUT2D eigenvalue weighted by Crippen LogP contribution is 2.19. The fraction of sp³-hybridized carbons (Fsp3) is 0.526. The SMILES string of the molecule is C=C.CC.COC(=O)CCCN1CCN(c2ccc(O)cc2)CC1. The molecule has 0 radical (unpaired) electrons. The molecule has 1 heterocycles. The zero-order valence-corrected chi connectivity index (χ0v) is 15.3. The molecule has 1 aromatic rings. The van der Waals surface area contributed by atoms with Crippen LogP contribution in [0.25, 0.3) is 0 Å². The number of anilines is 1. The lowest BCUT2D eigenvalue weighted by atomic mass is 10.2. The predicted octanol–water partition coefficient (Wildman–Crippen LogP) is 3.30. The number of phenolic OH excluding ortho intramolecular Hbond substituents is 1. The summed E-state index contributed by atoms with van der Waals surface area (Å²) in [5.74, 6) is 0.169. The lowest BCUT2D eigenvalue weighted by Gasteiger charge is -2.36. The summed E-state index contributed by atoms with van der Waals surface area (Å²) in [7, 11) is 1.43. The molecule has 136 valence electrons. The Labute approximate surface area is 146 Å². The molecule has 1 aliphatic heterocycles. The van der Waals surface area contributed by atoms with Crippen LogP contribution < -0.4 is 4.90 Å². The quantitative estimate of drug-likeness (QED) is 0.660. The van der Waals surface area contributed by atoms with Gasteiger partial charge in [-0.3, -0.25) is 9.69 Å². The third-order valence-corrected chi connectivity index (χ3v) is 3.67. The summed E-state index contributed by atoms with van der Waals surface area (Å²) in [6.07, 6.45) is 1.35. The molecular weight excluding hydrogens is 304 g/mol. The number of nitrogens with zero attached hydrogens (tertiary/aromatic N) is 2. The average molecular weight is 336 g/mol. The van der Waals surface area contributed by atoms with Crippen molar-refractivity contribution in [3.05, 3.63) is 37.4 Å². The number of ether oxygens (including phenoxy) is 1. The number of methoxy groups -OCH3 is 1. The Hall–Kier alpha value is -2.01. The van der Waals surface area contributed by atoms with E-state index in [1.807, 2.05) is 26.0 Å². The summed E-state index contributed by atoms with van der Waals surface area (Å²) in [6.45, 7) is 14.9. The molecule has 1 saturated heterocycles. The van der Waals surface area contributed by atoms with Crippen molar-refractivity contribution >= 4 is 11.7 Å². The van der Waals surface area contributed by atoms with E-state index in [1.54, 1.807) is 12.1 Å². The van der Waals surface area contributed by atoms with Crippen LogP contribution in [0.3, 0.4) is 0 Å². The van der Waals surface area contributed by atoms with Crippen molar-refractivity contribution in [2.24, 2.45) is 0 Å². The van der Waals surface area contributed by atoms with Gasteiger partial charge >= 0.3 is 5.97 Å².